The number of rotatable bonds is 8. The van der Waals surface area contributed by atoms with Crippen molar-refractivity contribution in [1.82, 2.24) is 47.1 Å². The molecule has 8 atom stereocenters. The first-order valence-corrected chi connectivity index (χ1v) is 20.8. The standard InChI is InChI=1S/C42H63N9O8/c1-9-24(6)35-41(58)46-26(8)37(54)45-25(7)36(53)44-21-34(52)47-32(18-23(4)5)42(59)51-16-12-15-33(51)40(57)49-31(19-27-20-43-29-14-11-10-13-28(27)29)38(55)48-30(17-22(2)3)39(56)50-35/h10-11,13-14,20,22-26,30-33,35,43H,9,12,15-19,21H2,1-8H3,(H,44,53)(H,45,54)(H,46,58)(H,47,52)(H,48,55)(H,49,57)(H,50,56)/t24-,25+,26+,30+,31+,32+,33+,35+/m1/s1. The lowest BCUT2D eigenvalue weighted by molar-refractivity contribution is -0.142. The van der Waals surface area contributed by atoms with E-state index in [1.807, 2.05) is 58.9 Å². The molecule has 0 radical (unpaired) electrons. The van der Waals surface area contributed by atoms with Crippen LogP contribution in [0, 0.1) is 17.8 Å². The van der Waals surface area contributed by atoms with Gasteiger partial charge in [-0.2, -0.15) is 0 Å². The highest BCUT2D eigenvalue weighted by Crippen LogP contribution is 2.23. The zero-order valence-electron chi connectivity index (χ0n) is 35.5. The lowest BCUT2D eigenvalue weighted by atomic mass is 9.96. The van der Waals surface area contributed by atoms with E-state index in [1.165, 1.54) is 18.7 Å². The maximum atomic E-state index is 14.4. The molecule has 0 aliphatic carbocycles. The molecule has 1 aromatic carbocycles. The van der Waals surface area contributed by atoms with Gasteiger partial charge in [0.2, 0.25) is 47.3 Å². The maximum absolute atomic E-state index is 14.4. The van der Waals surface area contributed by atoms with Gasteiger partial charge in [-0.05, 0) is 68.9 Å². The largest absolute Gasteiger partial charge is 0.361 e. The number of carbonyl (C=O) groups excluding carboxylic acids is 8. The van der Waals surface area contributed by atoms with Crippen LogP contribution >= 0.6 is 0 Å². The molecule has 324 valence electrons. The van der Waals surface area contributed by atoms with E-state index in [2.05, 4.69) is 42.2 Å². The molecule has 2 aliphatic heterocycles. The van der Waals surface area contributed by atoms with Gasteiger partial charge in [-0.3, -0.25) is 38.4 Å². The zero-order valence-corrected chi connectivity index (χ0v) is 35.5. The van der Waals surface area contributed by atoms with Gasteiger partial charge in [0.25, 0.3) is 0 Å². The first kappa shape index (κ1) is 46.2. The van der Waals surface area contributed by atoms with Crippen molar-refractivity contribution in [2.45, 2.75) is 136 Å². The molecule has 17 nitrogen and oxygen atoms in total. The summed E-state index contributed by atoms with van der Waals surface area (Å²) in [5, 5.41) is 19.8. The van der Waals surface area contributed by atoms with Gasteiger partial charge in [0.15, 0.2) is 0 Å². The summed E-state index contributed by atoms with van der Waals surface area (Å²) in [6, 6.07) is -0.0404. The van der Waals surface area contributed by atoms with Crippen LogP contribution in [0.1, 0.15) is 93.1 Å². The molecule has 3 heterocycles. The number of aromatic amines is 1. The molecular formula is C42H63N9O8. The average Bonchev–Trinajstić information content (AvgIpc) is 3.84. The lowest BCUT2D eigenvalue weighted by Crippen LogP contribution is -2.61. The van der Waals surface area contributed by atoms with E-state index in [9.17, 15) is 38.4 Å². The van der Waals surface area contributed by atoms with Gasteiger partial charge in [-0.15, -0.1) is 0 Å². The van der Waals surface area contributed by atoms with Gasteiger partial charge < -0.3 is 47.1 Å². The maximum Gasteiger partial charge on any atom is 0.245 e. The van der Waals surface area contributed by atoms with Gasteiger partial charge >= 0.3 is 0 Å². The van der Waals surface area contributed by atoms with E-state index in [-0.39, 0.29) is 43.6 Å². The highest BCUT2D eigenvalue weighted by Gasteiger charge is 2.40. The lowest BCUT2D eigenvalue weighted by Gasteiger charge is -2.31. The minimum atomic E-state index is -1.18. The summed E-state index contributed by atoms with van der Waals surface area (Å²) in [4.78, 5) is 114. The molecule has 0 saturated carbocycles. The number of H-pyrrole nitrogens is 1. The van der Waals surface area contributed by atoms with Crippen LogP contribution in [0.25, 0.3) is 10.9 Å². The molecule has 1 aromatic heterocycles. The highest BCUT2D eigenvalue weighted by atomic mass is 16.2. The molecule has 0 unspecified atom stereocenters. The van der Waals surface area contributed by atoms with E-state index in [0.29, 0.717) is 19.3 Å². The summed E-state index contributed by atoms with van der Waals surface area (Å²) in [6.07, 6.45) is 3.57. The minimum Gasteiger partial charge on any atom is -0.361 e. The van der Waals surface area contributed by atoms with Crippen molar-refractivity contribution in [3.63, 3.8) is 0 Å². The quantitative estimate of drug-likeness (QED) is 0.190. The second-order valence-corrected chi connectivity index (χ2v) is 16.8. The van der Waals surface area contributed by atoms with E-state index in [0.717, 1.165) is 16.5 Å². The zero-order chi connectivity index (χ0) is 43.6. The summed E-state index contributed by atoms with van der Waals surface area (Å²) in [7, 11) is 0. The second-order valence-electron chi connectivity index (χ2n) is 16.8. The Bertz CT molecular complexity index is 1860. The Labute approximate surface area is 346 Å². The Hall–Kier alpha value is -5.48. The third kappa shape index (κ3) is 12.5. The average molecular weight is 822 g/mol. The van der Waals surface area contributed by atoms with Crippen LogP contribution < -0.4 is 37.2 Å². The monoisotopic (exact) mass is 821 g/mol. The first-order valence-electron chi connectivity index (χ1n) is 20.8. The van der Waals surface area contributed by atoms with Crippen LogP contribution in [-0.2, 0) is 44.8 Å². The van der Waals surface area contributed by atoms with Crippen LogP contribution in [-0.4, -0.2) is 113 Å². The first-order chi connectivity index (χ1) is 27.9. The molecule has 17 heteroatoms. The summed E-state index contributed by atoms with van der Waals surface area (Å²) in [5.41, 5.74) is 1.57. The van der Waals surface area contributed by atoms with Crippen LogP contribution in [0.4, 0.5) is 0 Å². The van der Waals surface area contributed by atoms with Gasteiger partial charge in [0.1, 0.15) is 42.3 Å². The summed E-state index contributed by atoms with van der Waals surface area (Å²) in [6.45, 7) is 13.8. The minimum absolute atomic E-state index is 0.0287. The number of para-hydroxylation sites is 1. The topological polar surface area (TPSA) is 240 Å². The van der Waals surface area contributed by atoms with Crippen LogP contribution in [0.15, 0.2) is 30.5 Å². The molecule has 0 spiro atoms. The van der Waals surface area contributed by atoms with Crippen molar-refractivity contribution in [2.24, 2.45) is 17.8 Å². The smallest absolute Gasteiger partial charge is 0.245 e. The van der Waals surface area contributed by atoms with Gasteiger partial charge in [0, 0.05) is 30.1 Å². The van der Waals surface area contributed by atoms with E-state index < -0.39 is 96.1 Å². The van der Waals surface area contributed by atoms with Crippen molar-refractivity contribution >= 4 is 58.2 Å². The van der Waals surface area contributed by atoms with E-state index >= 15 is 0 Å². The normalized spacial score (nSPS) is 26.9. The van der Waals surface area contributed by atoms with Crippen LogP contribution in [0.5, 0.6) is 0 Å². The summed E-state index contributed by atoms with van der Waals surface area (Å²) < 4.78 is 0. The molecule has 2 aromatic rings. The number of aromatic nitrogens is 1. The van der Waals surface area contributed by atoms with Gasteiger partial charge in [-0.25, -0.2) is 0 Å². The Kier molecular flexibility index (Phi) is 16.4. The number of hydrogen-bond donors (Lipinski definition) is 8. The van der Waals surface area contributed by atoms with Crippen molar-refractivity contribution in [3.8, 4) is 0 Å². The summed E-state index contributed by atoms with van der Waals surface area (Å²) >= 11 is 0. The summed E-state index contributed by atoms with van der Waals surface area (Å²) in [5.74, 6) is -5.39. The van der Waals surface area contributed by atoms with Crippen molar-refractivity contribution in [1.29, 1.82) is 0 Å². The number of carbonyl (C=O) groups is 8. The fourth-order valence-corrected chi connectivity index (χ4v) is 7.46. The number of fused-ring (bicyclic) bond motifs is 2. The molecule has 2 fully saturated rings. The Morgan fingerprint density at radius 3 is 1.97 bits per heavy atom. The van der Waals surface area contributed by atoms with Crippen molar-refractivity contribution in [2.75, 3.05) is 13.1 Å². The molecular weight excluding hydrogens is 759 g/mol. The number of benzene rings is 1. The Morgan fingerprint density at radius 2 is 1.29 bits per heavy atom. The van der Waals surface area contributed by atoms with Gasteiger partial charge in [0.05, 0.1) is 6.54 Å². The third-order valence-electron chi connectivity index (χ3n) is 11.0. The van der Waals surface area contributed by atoms with Crippen molar-refractivity contribution < 1.29 is 38.4 Å². The second kappa shape index (κ2) is 21.0. The fraction of sp³-hybridized carbons (Fsp3) is 0.619. The SMILES string of the molecule is CC[C@@H](C)[C@@H]1NC(=O)[C@H](CC(C)C)NC(=O)[C@H](Cc2c[nH]c3ccccc23)NC(=O)[C@@H]2CCCN2C(=O)[C@H](CC(C)C)NC(=O)CNC(=O)[C@H](C)NC(=O)[C@H](C)NC1=O. The van der Waals surface area contributed by atoms with Crippen LogP contribution in [0.3, 0.4) is 0 Å². The molecule has 2 aliphatic rings. The molecule has 59 heavy (non-hydrogen) atoms. The predicted molar refractivity (Wildman–Crippen MR) is 221 cm³/mol. The molecule has 0 bridgehead atoms. The Balaban J connectivity index is 1.73. The third-order valence-corrected chi connectivity index (χ3v) is 11.0. The van der Waals surface area contributed by atoms with Crippen molar-refractivity contribution in [3.05, 3.63) is 36.0 Å². The molecule has 4 rings (SSSR count). The van der Waals surface area contributed by atoms with Gasteiger partial charge in [-0.1, -0.05) is 66.2 Å². The molecule has 2 saturated heterocycles. The Morgan fingerprint density at radius 1 is 0.678 bits per heavy atom. The van der Waals surface area contributed by atoms with Crippen LogP contribution in [0.2, 0.25) is 0 Å². The van der Waals surface area contributed by atoms with E-state index in [4.69, 9.17) is 0 Å². The van der Waals surface area contributed by atoms with E-state index in [1.54, 1.807) is 13.1 Å². The number of hydrogen-bond acceptors (Lipinski definition) is 8. The number of nitrogens with zero attached hydrogens (tertiary/aromatic N) is 1. The molecule has 8 N–H and O–H groups in total. The number of amides is 8. The highest BCUT2D eigenvalue weighted by molar-refractivity contribution is 5.99. The predicted octanol–water partition coefficient (Wildman–Crippen LogP) is 0.918. The number of nitrogens with one attached hydrogen (secondary N) is 8. The fourth-order valence-electron chi connectivity index (χ4n) is 7.46. The molecule has 8 amide bonds.